The van der Waals surface area contributed by atoms with E-state index < -0.39 is 17.5 Å². The van der Waals surface area contributed by atoms with Gasteiger partial charge in [-0.2, -0.15) is 0 Å². The predicted molar refractivity (Wildman–Crippen MR) is 163 cm³/mol. The Bertz CT molecular complexity index is 1500. The number of fused-ring (bicyclic) bond motifs is 1. The zero-order chi connectivity index (χ0) is 30.9. The van der Waals surface area contributed by atoms with Gasteiger partial charge in [0.1, 0.15) is 28.7 Å². The zero-order valence-electron chi connectivity index (χ0n) is 25.4. The molecule has 0 saturated carbocycles. The summed E-state index contributed by atoms with van der Waals surface area (Å²) in [6, 6.07) is 11.5. The van der Waals surface area contributed by atoms with Crippen molar-refractivity contribution < 1.29 is 28.2 Å². The molecular weight excluding hydrogens is 553 g/mol. The SMILES string of the molecule is COc1ccc(CNc2cc3c(cn2)CN(c2c(C)cccc2F)C(=O)N3[C@@H]2CCN(C(=O)OC(C)(C)C)C2)c(OC)c1. The number of amides is 3. The van der Waals surface area contributed by atoms with Crippen LogP contribution in [0.2, 0.25) is 0 Å². The lowest BCUT2D eigenvalue weighted by Gasteiger charge is -2.40. The third kappa shape index (κ3) is 6.30. The lowest BCUT2D eigenvalue weighted by atomic mass is 10.1. The number of likely N-dealkylation sites (tertiary alicyclic amines) is 1. The Kier molecular flexibility index (Phi) is 8.34. The fraction of sp³-hybridized carbons (Fsp3) is 0.406. The third-order valence-electron chi connectivity index (χ3n) is 7.58. The number of anilines is 3. The maximum absolute atomic E-state index is 15.1. The van der Waals surface area contributed by atoms with E-state index in [0.717, 1.165) is 11.1 Å². The van der Waals surface area contributed by atoms with Crippen molar-refractivity contribution in [1.29, 1.82) is 0 Å². The van der Waals surface area contributed by atoms with Crippen molar-refractivity contribution in [2.45, 2.75) is 58.8 Å². The van der Waals surface area contributed by atoms with E-state index in [0.29, 0.717) is 48.1 Å². The number of methoxy groups -OCH3 is 2. The molecule has 3 heterocycles. The molecular formula is C32H38FN5O5. The van der Waals surface area contributed by atoms with Crippen molar-refractivity contribution in [3.05, 3.63) is 71.2 Å². The lowest BCUT2D eigenvalue weighted by Crippen LogP contribution is -2.53. The number of carbonyl (C=O) groups excluding carboxylic acids is 2. The molecule has 11 heteroatoms. The molecule has 0 spiro atoms. The lowest BCUT2D eigenvalue weighted by molar-refractivity contribution is 0.0292. The maximum Gasteiger partial charge on any atom is 0.410 e. The molecule has 1 N–H and O–H groups in total. The Morgan fingerprint density at radius 2 is 1.93 bits per heavy atom. The van der Waals surface area contributed by atoms with Crippen LogP contribution in [0.4, 0.5) is 31.2 Å². The summed E-state index contributed by atoms with van der Waals surface area (Å²) in [6.07, 6.45) is 1.83. The summed E-state index contributed by atoms with van der Waals surface area (Å²) < 4.78 is 31.5. The molecule has 1 saturated heterocycles. The number of aryl methyl sites for hydroxylation is 1. The number of halogens is 1. The fourth-order valence-electron chi connectivity index (χ4n) is 5.51. The van der Waals surface area contributed by atoms with E-state index in [1.807, 2.05) is 45.0 Å². The van der Waals surface area contributed by atoms with Crippen molar-refractivity contribution in [3.63, 3.8) is 0 Å². The van der Waals surface area contributed by atoms with Crippen molar-refractivity contribution >= 4 is 29.3 Å². The first-order chi connectivity index (χ1) is 20.5. The van der Waals surface area contributed by atoms with Crippen LogP contribution in [-0.2, 0) is 17.8 Å². The molecule has 1 atom stereocenters. The van der Waals surface area contributed by atoms with Crippen LogP contribution in [0.3, 0.4) is 0 Å². The number of hydrogen-bond donors (Lipinski definition) is 1. The van der Waals surface area contributed by atoms with Gasteiger partial charge in [0.05, 0.1) is 38.2 Å². The largest absolute Gasteiger partial charge is 0.497 e. The van der Waals surface area contributed by atoms with Gasteiger partial charge in [0.25, 0.3) is 0 Å². The standard InChI is InChI=1S/C32H38FN5O5/c1-20-8-7-9-25(33)29(20)37-18-22-17-35-28(34-16-21-10-11-24(41-5)14-27(21)42-6)15-26(22)38(30(37)39)23-12-13-36(19-23)31(40)43-32(2,3)4/h7-11,14-15,17,23H,12-13,16,18-19H2,1-6H3,(H,34,35)/t23-/m1/s1. The van der Waals surface area contributed by atoms with Gasteiger partial charge in [-0.25, -0.2) is 19.0 Å². The van der Waals surface area contributed by atoms with E-state index >= 15 is 4.39 Å². The number of urea groups is 1. The number of ether oxygens (including phenoxy) is 3. The highest BCUT2D eigenvalue weighted by molar-refractivity contribution is 6.07. The molecule has 228 valence electrons. The van der Waals surface area contributed by atoms with Crippen LogP contribution in [0.15, 0.2) is 48.7 Å². The topological polar surface area (TPSA) is 96.5 Å². The van der Waals surface area contributed by atoms with Crippen molar-refractivity contribution in [2.24, 2.45) is 0 Å². The van der Waals surface area contributed by atoms with Crippen molar-refractivity contribution in [3.8, 4) is 11.5 Å². The molecule has 2 aliphatic heterocycles. The van der Waals surface area contributed by atoms with E-state index in [9.17, 15) is 9.59 Å². The van der Waals surface area contributed by atoms with E-state index in [2.05, 4.69) is 10.3 Å². The third-order valence-corrected chi connectivity index (χ3v) is 7.58. The van der Waals surface area contributed by atoms with Gasteiger partial charge in [-0.05, 0) is 57.9 Å². The molecule has 3 aromatic rings. The van der Waals surface area contributed by atoms with Gasteiger partial charge in [-0.3, -0.25) is 9.80 Å². The number of pyridine rings is 1. The molecule has 0 bridgehead atoms. The fourth-order valence-corrected chi connectivity index (χ4v) is 5.51. The summed E-state index contributed by atoms with van der Waals surface area (Å²) in [5.41, 5.74) is 2.59. The summed E-state index contributed by atoms with van der Waals surface area (Å²) in [6.45, 7) is 8.55. The van der Waals surface area contributed by atoms with Crippen LogP contribution < -0.4 is 24.6 Å². The molecule has 1 fully saturated rings. The second-order valence-corrected chi connectivity index (χ2v) is 11.7. The quantitative estimate of drug-likeness (QED) is 0.354. The highest BCUT2D eigenvalue weighted by Crippen LogP contribution is 2.38. The Hall–Kier alpha value is -4.54. The van der Waals surface area contributed by atoms with Gasteiger partial charge >= 0.3 is 12.1 Å². The molecule has 5 rings (SSSR count). The smallest absolute Gasteiger partial charge is 0.410 e. The molecule has 0 aliphatic carbocycles. The Morgan fingerprint density at radius 3 is 2.63 bits per heavy atom. The summed E-state index contributed by atoms with van der Waals surface area (Å²) in [5.74, 6) is 1.45. The average molecular weight is 592 g/mol. The minimum Gasteiger partial charge on any atom is -0.497 e. The molecule has 2 aromatic carbocycles. The second-order valence-electron chi connectivity index (χ2n) is 11.7. The first kappa shape index (κ1) is 29.9. The normalized spacial score (nSPS) is 16.7. The monoisotopic (exact) mass is 591 g/mol. The number of hydrogen-bond acceptors (Lipinski definition) is 7. The average Bonchev–Trinajstić information content (AvgIpc) is 3.45. The second kappa shape index (κ2) is 12.0. The van der Waals surface area contributed by atoms with Crippen LogP contribution in [0, 0.1) is 12.7 Å². The molecule has 1 aromatic heterocycles. The highest BCUT2D eigenvalue weighted by Gasteiger charge is 2.41. The first-order valence-electron chi connectivity index (χ1n) is 14.3. The van der Waals surface area contributed by atoms with Gasteiger partial charge in [-0.1, -0.05) is 12.1 Å². The Labute approximate surface area is 251 Å². The van der Waals surface area contributed by atoms with E-state index in [-0.39, 0.29) is 30.8 Å². The zero-order valence-corrected chi connectivity index (χ0v) is 25.4. The number of nitrogens with one attached hydrogen (secondary N) is 1. The summed E-state index contributed by atoms with van der Waals surface area (Å²) in [5, 5.41) is 3.34. The Balaban J connectivity index is 1.46. The van der Waals surface area contributed by atoms with Crippen LogP contribution >= 0.6 is 0 Å². The van der Waals surface area contributed by atoms with Gasteiger partial charge < -0.3 is 24.4 Å². The van der Waals surface area contributed by atoms with Gasteiger partial charge in [-0.15, -0.1) is 0 Å². The number of benzene rings is 2. The van der Waals surface area contributed by atoms with Crippen LogP contribution in [-0.4, -0.2) is 61.0 Å². The van der Waals surface area contributed by atoms with Gasteiger partial charge in [0.2, 0.25) is 0 Å². The van der Waals surface area contributed by atoms with Gasteiger partial charge in [0, 0.05) is 49.1 Å². The minimum absolute atomic E-state index is 0.161. The summed E-state index contributed by atoms with van der Waals surface area (Å²) in [7, 11) is 3.20. The number of rotatable bonds is 7. The molecule has 10 nitrogen and oxygen atoms in total. The molecule has 0 unspecified atom stereocenters. The highest BCUT2D eigenvalue weighted by atomic mass is 19.1. The van der Waals surface area contributed by atoms with Crippen LogP contribution in [0.5, 0.6) is 11.5 Å². The van der Waals surface area contributed by atoms with Crippen LogP contribution in [0.1, 0.15) is 43.9 Å². The molecule has 43 heavy (non-hydrogen) atoms. The van der Waals surface area contributed by atoms with E-state index in [1.165, 1.54) is 11.0 Å². The number of nitrogens with zero attached hydrogens (tertiary/aromatic N) is 4. The molecule has 0 radical (unpaired) electrons. The number of para-hydroxylation sites is 1. The molecule has 3 amide bonds. The van der Waals surface area contributed by atoms with Crippen LogP contribution in [0.25, 0.3) is 0 Å². The number of carbonyl (C=O) groups is 2. The predicted octanol–water partition coefficient (Wildman–Crippen LogP) is 6.11. The van der Waals surface area contributed by atoms with Crippen molar-refractivity contribution in [1.82, 2.24) is 9.88 Å². The maximum atomic E-state index is 15.1. The van der Waals surface area contributed by atoms with E-state index in [1.54, 1.807) is 49.3 Å². The molecule has 2 aliphatic rings. The number of aromatic nitrogens is 1. The van der Waals surface area contributed by atoms with Gasteiger partial charge in [0.15, 0.2) is 0 Å². The Morgan fingerprint density at radius 1 is 1.14 bits per heavy atom. The minimum atomic E-state index is -0.638. The summed E-state index contributed by atoms with van der Waals surface area (Å²) >= 11 is 0. The van der Waals surface area contributed by atoms with E-state index in [4.69, 9.17) is 14.2 Å². The summed E-state index contributed by atoms with van der Waals surface area (Å²) in [4.78, 5) is 36.4. The van der Waals surface area contributed by atoms with Crippen molar-refractivity contribution in [2.75, 3.05) is 42.4 Å². The first-order valence-corrected chi connectivity index (χ1v) is 14.3.